The van der Waals surface area contributed by atoms with Gasteiger partial charge in [0.15, 0.2) is 6.29 Å². The van der Waals surface area contributed by atoms with Gasteiger partial charge in [0.2, 0.25) is 0 Å². The second-order valence-electron chi connectivity index (χ2n) is 10.5. The molecule has 2 heterocycles. The van der Waals surface area contributed by atoms with Crippen molar-refractivity contribution in [3.8, 4) is 0 Å². The average molecular weight is 666 g/mol. The number of ether oxygens (including phenoxy) is 3. The van der Waals surface area contributed by atoms with E-state index in [1.165, 1.54) is 5.57 Å². The zero-order chi connectivity index (χ0) is 22.5. The van der Waals surface area contributed by atoms with Crippen molar-refractivity contribution in [2.45, 2.75) is 64.4 Å². The second kappa shape index (κ2) is 9.86. The first-order valence-electron chi connectivity index (χ1n) is 11.9. The molecule has 0 amide bonds. The molecule has 5 rings (SSSR count). The Kier molecular flexibility index (Phi) is 7.64. The molecule has 2 aliphatic heterocycles. The van der Waals surface area contributed by atoms with Gasteiger partial charge in [0.05, 0.1) is 18.3 Å². The molecule has 1 aromatic rings. The van der Waals surface area contributed by atoms with Crippen LogP contribution in [0.1, 0.15) is 57.8 Å². The third kappa shape index (κ3) is 4.45. The summed E-state index contributed by atoms with van der Waals surface area (Å²) in [6.07, 6.45) is 5.77. The number of aliphatic hydroxyl groups excluding tert-OH is 1. The Hall–Kier alpha value is -0.508. The van der Waals surface area contributed by atoms with E-state index in [9.17, 15) is 9.90 Å². The van der Waals surface area contributed by atoms with Crippen LogP contribution in [-0.4, -0.2) is 36.5 Å². The van der Waals surface area contributed by atoms with Crippen molar-refractivity contribution in [1.29, 1.82) is 0 Å². The third-order valence-corrected chi connectivity index (χ3v) is 8.76. The van der Waals surface area contributed by atoms with Crippen LogP contribution in [-0.2, 0) is 19.0 Å². The average Bonchev–Trinajstić information content (AvgIpc) is 3.10. The quantitative estimate of drug-likeness (QED) is 0.288. The van der Waals surface area contributed by atoms with Crippen molar-refractivity contribution < 1.29 is 68.2 Å². The normalized spacial score (nSPS) is 41.7. The summed E-state index contributed by atoms with van der Waals surface area (Å²) >= 11 is 0. The van der Waals surface area contributed by atoms with Crippen LogP contribution in [0.15, 0.2) is 54.1 Å². The van der Waals surface area contributed by atoms with E-state index in [1.807, 2.05) is 24.3 Å². The number of cyclic esters (lactones) is 1. The molecular weight excluding hydrogens is 631 g/mol. The van der Waals surface area contributed by atoms with E-state index in [2.05, 4.69) is 32.6 Å². The topological polar surface area (TPSA) is 65.0 Å². The number of allylic oxidation sites excluding steroid dienone is 2. The summed E-state index contributed by atoms with van der Waals surface area (Å²) in [5, 5.41) is 10.1. The summed E-state index contributed by atoms with van der Waals surface area (Å²) in [7, 11) is 0. The smallest absolute Gasteiger partial charge is 0.336 e. The van der Waals surface area contributed by atoms with Gasteiger partial charge in [-0.2, -0.15) is 0 Å². The van der Waals surface area contributed by atoms with Crippen LogP contribution in [0.4, 0.5) is 0 Å². The summed E-state index contributed by atoms with van der Waals surface area (Å²) in [5.41, 5.74) is 2.72. The third-order valence-electron chi connectivity index (χ3n) is 8.76. The number of carbonyl (C=O) groups excluding carboxylic acids is 1. The van der Waals surface area contributed by atoms with E-state index in [4.69, 9.17) is 14.2 Å². The molecule has 1 N–H and O–H groups in total. The van der Waals surface area contributed by atoms with Gasteiger partial charge >= 0.3 is 5.97 Å². The number of aliphatic hydroxyl groups is 1. The van der Waals surface area contributed by atoms with Gasteiger partial charge in [0.25, 0.3) is 0 Å². The Morgan fingerprint density at radius 3 is 2.64 bits per heavy atom. The molecule has 4 fully saturated rings. The Morgan fingerprint density at radius 1 is 1.18 bits per heavy atom. The number of rotatable bonds is 3. The molecule has 2 aliphatic carbocycles. The van der Waals surface area contributed by atoms with Gasteiger partial charge < -0.3 is 19.3 Å². The Morgan fingerprint density at radius 2 is 1.94 bits per heavy atom. The van der Waals surface area contributed by atoms with Crippen molar-refractivity contribution in [2.24, 2.45) is 22.7 Å². The predicted molar refractivity (Wildman–Crippen MR) is 120 cm³/mol. The molecule has 0 spiro atoms. The molecular formula is C27H34AcO5. The van der Waals surface area contributed by atoms with Gasteiger partial charge in [-0.1, -0.05) is 62.4 Å². The van der Waals surface area contributed by atoms with Crippen LogP contribution in [0, 0.1) is 66.7 Å². The SMILES string of the molecule is C=C1CCC2[C@]3(C)COC(c4ccccc4)OC3CC[C@]2(C)[C@H]1C/C=C1/C(=O)OCC1O.[Ac]. The van der Waals surface area contributed by atoms with E-state index in [0.717, 1.165) is 31.2 Å². The molecule has 7 atom stereocenters. The Balaban J connectivity index is 0.00000259. The standard InChI is InChI=1S/C27H34O5.Ac/c1-17-9-12-22-26(2,20(17)11-10-19-21(28)15-30-24(19)29)14-13-23-27(22,3)16-31-25(32-23)18-7-5-4-6-8-18;/h4-8,10,20-23,25,28H,1,9,11-16H2,2-3H3;/b19-10+;/t20-,21?,22?,23?,25?,26+,27-;/m0./s1. The summed E-state index contributed by atoms with van der Waals surface area (Å²) in [5.74, 6) is 0.316. The number of esters is 1. The zero-order valence-electron chi connectivity index (χ0n) is 19.7. The first-order chi connectivity index (χ1) is 15.3. The number of hydrogen-bond donors (Lipinski definition) is 1. The second-order valence-corrected chi connectivity index (χ2v) is 10.5. The van der Waals surface area contributed by atoms with Gasteiger partial charge in [0.1, 0.15) is 12.7 Å². The Bertz CT molecular complexity index is 930. The minimum absolute atomic E-state index is 0. The molecule has 2 saturated heterocycles. The number of hydrogen-bond acceptors (Lipinski definition) is 5. The van der Waals surface area contributed by atoms with Gasteiger partial charge in [-0.25, -0.2) is 4.79 Å². The van der Waals surface area contributed by atoms with E-state index >= 15 is 0 Å². The van der Waals surface area contributed by atoms with Crippen LogP contribution in [0.3, 0.4) is 0 Å². The van der Waals surface area contributed by atoms with Gasteiger partial charge in [0, 0.05) is 55.0 Å². The van der Waals surface area contributed by atoms with Gasteiger partial charge in [-0.05, 0) is 49.4 Å². The molecule has 4 aliphatic rings. The number of benzene rings is 1. The largest absolute Gasteiger partial charge is 0.459 e. The predicted octanol–water partition coefficient (Wildman–Crippen LogP) is 4.72. The number of fused-ring (bicyclic) bond motifs is 3. The molecule has 175 valence electrons. The van der Waals surface area contributed by atoms with Crippen molar-refractivity contribution >= 4 is 5.97 Å². The monoisotopic (exact) mass is 665 g/mol. The van der Waals surface area contributed by atoms with E-state index in [1.54, 1.807) is 0 Å². The van der Waals surface area contributed by atoms with Crippen LogP contribution in [0.25, 0.3) is 0 Å². The summed E-state index contributed by atoms with van der Waals surface area (Å²) in [6, 6.07) is 10.2. The fourth-order valence-corrected chi connectivity index (χ4v) is 6.98. The van der Waals surface area contributed by atoms with Gasteiger partial charge in [-0.3, -0.25) is 0 Å². The Labute approximate surface area is 232 Å². The first kappa shape index (κ1) is 25.6. The molecule has 4 unspecified atom stereocenters. The van der Waals surface area contributed by atoms with E-state index in [0.29, 0.717) is 24.5 Å². The molecule has 6 heteroatoms. The van der Waals surface area contributed by atoms with E-state index in [-0.39, 0.29) is 79.8 Å². The summed E-state index contributed by atoms with van der Waals surface area (Å²) < 4.78 is 17.9. The maximum atomic E-state index is 12.0. The number of carbonyl (C=O) groups is 1. The van der Waals surface area contributed by atoms with Gasteiger partial charge in [-0.15, -0.1) is 0 Å². The maximum absolute atomic E-state index is 12.0. The minimum Gasteiger partial charge on any atom is -0.459 e. The van der Waals surface area contributed by atoms with E-state index < -0.39 is 12.1 Å². The van der Waals surface area contributed by atoms with Crippen molar-refractivity contribution in [1.82, 2.24) is 0 Å². The maximum Gasteiger partial charge on any atom is 0.336 e. The fourth-order valence-electron chi connectivity index (χ4n) is 6.98. The van der Waals surface area contributed by atoms with Crippen molar-refractivity contribution in [2.75, 3.05) is 13.2 Å². The molecule has 1 radical (unpaired) electrons. The molecule has 5 nitrogen and oxygen atoms in total. The molecule has 0 bridgehead atoms. The molecule has 2 saturated carbocycles. The fraction of sp³-hybridized carbons (Fsp3) is 0.593. The summed E-state index contributed by atoms with van der Waals surface area (Å²) in [6.45, 7) is 9.89. The molecule has 1 aromatic carbocycles. The van der Waals surface area contributed by atoms with Crippen LogP contribution < -0.4 is 0 Å². The van der Waals surface area contributed by atoms with Crippen LogP contribution in [0.5, 0.6) is 0 Å². The molecule has 33 heavy (non-hydrogen) atoms. The van der Waals surface area contributed by atoms with Crippen molar-refractivity contribution in [3.63, 3.8) is 0 Å². The van der Waals surface area contributed by atoms with Crippen LogP contribution >= 0.6 is 0 Å². The summed E-state index contributed by atoms with van der Waals surface area (Å²) in [4.78, 5) is 12.0. The zero-order valence-corrected chi connectivity index (χ0v) is 24.4. The first-order valence-corrected chi connectivity index (χ1v) is 11.9. The van der Waals surface area contributed by atoms with Crippen molar-refractivity contribution in [3.05, 3.63) is 59.7 Å². The molecule has 0 aromatic heterocycles. The van der Waals surface area contributed by atoms with Crippen LogP contribution in [0.2, 0.25) is 0 Å². The minimum atomic E-state index is -0.814.